The normalized spacial score (nSPS) is 18.1. The molecule has 0 amide bonds. The van der Waals surface area contributed by atoms with Gasteiger partial charge in [0.2, 0.25) is 0 Å². The fourth-order valence-corrected chi connectivity index (χ4v) is 2.61. The minimum atomic E-state index is -3.24. The van der Waals surface area contributed by atoms with Crippen LogP contribution in [-0.2, 0) is 9.84 Å². The van der Waals surface area contributed by atoms with Crippen molar-refractivity contribution in [2.75, 3.05) is 23.9 Å². The average Bonchev–Trinajstić information content (AvgIpc) is 2.23. The van der Waals surface area contributed by atoms with Gasteiger partial charge in [0.05, 0.1) is 21.9 Å². The van der Waals surface area contributed by atoms with Crippen molar-refractivity contribution in [1.82, 2.24) is 0 Å². The van der Waals surface area contributed by atoms with Gasteiger partial charge in [0.1, 0.15) is 0 Å². The van der Waals surface area contributed by atoms with Gasteiger partial charge < -0.3 is 16.2 Å². The topological polar surface area (TPSA) is 92.4 Å². The van der Waals surface area contributed by atoms with Gasteiger partial charge in [0.25, 0.3) is 0 Å². The van der Waals surface area contributed by atoms with Crippen LogP contribution < -0.4 is 11.1 Å². The molecule has 0 unspecified atom stereocenters. The summed E-state index contributed by atoms with van der Waals surface area (Å²) in [5, 5.41) is 13.0. The molecule has 1 aliphatic carbocycles. The molecule has 1 aromatic carbocycles. The lowest BCUT2D eigenvalue weighted by Gasteiger charge is -2.37. The van der Waals surface area contributed by atoms with E-state index in [4.69, 9.17) is 5.73 Å². The van der Waals surface area contributed by atoms with E-state index in [1.807, 2.05) is 0 Å². The summed E-state index contributed by atoms with van der Waals surface area (Å²) in [7, 11) is -3.24. The van der Waals surface area contributed by atoms with E-state index in [1.54, 1.807) is 6.07 Å². The fraction of sp³-hybridized carbons (Fsp3) is 0.500. The third-order valence-corrected chi connectivity index (χ3v) is 4.45. The van der Waals surface area contributed by atoms with Crippen molar-refractivity contribution in [3.63, 3.8) is 0 Å². The van der Waals surface area contributed by atoms with Gasteiger partial charge in [0, 0.05) is 12.8 Å². The van der Waals surface area contributed by atoms with Crippen LogP contribution in [0.4, 0.5) is 11.4 Å². The van der Waals surface area contributed by atoms with Gasteiger partial charge in [-0.2, -0.15) is 0 Å². The molecule has 4 N–H and O–H groups in total. The second-order valence-corrected chi connectivity index (χ2v) is 6.97. The summed E-state index contributed by atoms with van der Waals surface area (Å²) >= 11 is 0. The maximum Gasteiger partial charge on any atom is 0.175 e. The van der Waals surface area contributed by atoms with Crippen LogP contribution in [0.25, 0.3) is 0 Å². The molecule has 1 saturated carbocycles. The largest absolute Gasteiger partial charge is 0.397 e. The molecule has 6 heteroatoms. The quantitative estimate of drug-likeness (QED) is 0.710. The number of hydrogen-bond donors (Lipinski definition) is 3. The number of anilines is 2. The highest BCUT2D eigenvalue weighted by atomic mass is 32.2. The number of benzene rings is 1. The van der Waals surface area contributed by atoms with Gasteiger partial charge in [-0.3, -0.25) is 0 Å². The van der Waals surface area contributed by atoms with Crippen LogP contribution >= 0.6 is 0 Å². The van der Waals surface area contributed by atoms with Crippen LogP contribution in [0.5, 0.6) is 0 Å². The molecule has 0 spiro atoms. The van der Waals surface area contributed by atoms with Crippen molar-refractivity contribution in [3.8, 4) is 0 Å². The van der Waals surface area contributed by atoms with Gasteiger partial charge in [0.15, 0.2) is 9.84 Å². The van der Waals surface area contributed by atoms with Gasteiger partial charge in [-0.1, -0.05) is 0 Å². The van der Waals surface area contributed by atoms with Gasteiger partial charge in [-0.15, -0.1) is 0 Å². The third kappa shape index (κ3) is 2.76. The van der Waals surface area contributed by atoms with Gasteiger partial charge >= 0.3 is 0 Å². The lowest BCUT2D eigenvalue weighted by Crippen LogP contribution is -2.43. The molecule has 0 heterocycles. The SMILES string of the molecule is CS(=O)(=O)c1ccc(NCC2(O)CCC2)c(N)c1. The van der Waals surface area contributed by atoms with Crippen molar-refractivity contribution in [3.05, 3.63) is 18.2 Å². The van der Waals surface area contributed by atoms with Crippen LogP contribution in [0.15, 0.2) is 23.1 Å². The molecule has 2 rings (SSSR count). The summed E-state index contributed by atoms with van der Waals surface area (Å²) in [5.41, 5.74) is 6.19. The zero-order valence-electron chi connectivity index (χ0n) is 10.3. The maximum atomic E-state index is 11.4. The highest BCUT2D eigenvalue weighted by Gasteiger charge is 2.34. The Morgan fingerprint density at radius 3 is 2.56 bits per heavy atom. The summed E-state index contributed by atoms with van der Waals surface area (Å²) in [6.45, 7) is 0.440. The first-order chi connectivity index (χ1) is 8.30. The zero-order valence-corrected chi connectivity index (χ0v) is 11.1. The first kappa shape index (κ1) is 13.2. The number of nitrogens with two attached hydrogens (primary N) is 1. The molecule has 1 aromatic rings. The molecule has 18 heavy (non-hydrogen) atoms. The predicted molar refractivity (Wildman–Crippen MR) is 71.3 cm³/mol. The minimum Gasteiger partial charge on any atom is -0.397 e. The summed E-state index contributed by atoms with van der Waals surface area (Å²) < 4.78 is 22.7. The van der Waals surface area contributed by atoms with E-state index in [0.29, 0.717) is 17.9 Å². The van der Waals surface area contributed by atoms with E-state index in [0.717, 1.165) is 25.5 Å². The van der Waals surface area contributed by atoms with E-state index < -0.39 is 15.4 Å². The Bertz CT molecular complexity index is 550. The van der Waals surface area contributed by atoms with E-state index in [9.17, 15) is 13.5 Å². The third-order valence-electron chi connectivity index (χ3n) is 3.34. The Hall–Kier alpha value is -1.27. The number of sulfone groups is 1. The first-order valence-corrected chi connectivity index (χ1v) is 7.75. The van der Waals surface area contributed by atoms with Crippen LogP contribution in [0.2, 0.25) is 0 Å². The number of rotatable bonds is 4. The monoisotopic (exact) mass is 270 g/mol. The van der Waals surface area contributed by atoms with Crippen molar-refractivity contribution in [2.45, 2.75) is 29.8 Å². The van der Waals surface area contributed by atoms with Crippen molar-refractivity contribution in [2.24, 2.45) is 0 Å². The van der Waals surface area contributed by atoms with Crippen molar-refractivity contribution >= 4 is 21.2 Å². The Balaban J connectivity index is 2.10. The molecule has 0 atom stereocenters. The molecular weight excluding hydrogens is 252 g/mol. The molecule has 5 nitrogen and oxygen atoms in total. The molecule has 0 bridgehead atoms. The highest BCUT2D eigenvalue weighted by molar-refractivity contribution is 7.90. The Labute approximate surface area is 107 Å². The second-order valence-electron chi connectivity index (χ2n) is 4.95. The summed E-state index contributed by atoms with van der Waals surface area (Å²) in [4.78, 5) is 0.202. The predicted octanol–water partition coefficient (Wildman–Crippen LogP) is 0.999. The number of aliphatic hydroxyl groups is 1. The first-order valence-electron chi connectivity index (χ1n) is 5.86. The standard InChI is InChI=1S/C12H18N2O3S/c1-18(16,17)9-3-4-11(10(13)7-9)14-8-12(15)5-2-6-12/h3-4,7,14-15H,2,5-6,8,13H2,1H3. The summed E-state index contributed by atoms with van der Waals surface area (Å²) in [5.74, 6) is 0. The van der Waals surface area contributed by atoms with Crippen molar-refractivity contribution in [1.29, 1.82) is 0 Å². The highest BCUT2D eigenvalue weighted by Crippen LogP contribution is 2.32. The van der Waals surface area contributed by atoms with E-state index in [1.165, 1.54) is 12.1 Å². The second kappa shape index (κ2) is 4.44. The van der Waals surface area contributed by atoms with E-state index in [2.05, 4.69) is 5.32 Å². The number of nitrogens with one attached hydrogen (secondary N) is 1. The Morgan fingerprint density at radius 2 is 2.11 bits per heavy atom. The molecular formula is C12H18N2O3S. The molecule has 0 radical (unpaired) electrons. The maximum absolute atomic E-state index is 11.4. The van der Waals surface area contributed by atoms with Crippen LogP contribution in [0.1, 0.15) is 19.3 Å². The fourth-order valence-electron chi connectivity index (χ4n) is 1.95. The van der Waals surface area contributed by atoms with E-state index >= 15 is 0 Å². The van der Waals surface area contributed by atoms with Gasteiger partial charge in [-0.05, 0) is 37.5 Å². The van der Waals surface area contributed by atoms with Crippen molar-refractivity contribution < 1.29 is 13.5 Å². The average molecular weight is 270 g/mol. The Morgan fingerprint density at radius 1 is 1.44 bits per heavy atom. The molecule has 100 valence electrons. The number of nitrogen functional groups attached to an aromatic ring is 1. The lowest BCUT2D eigenvalue weighted by atomic mass is 9.80. The smallest absolute Gasteiger partial charge is 0.175 e. The molecule has 0 aromatic heterocycles. The molecule has 0 aliphatic heterocycles. The Kier molecular flexibility index (Phi) is 3.25. The van der Waals surface area contributed by atoms with Crippen LogP contribution in [0, 0.1) is 0 Å². The zero-order chi connectivity index (χ0) is 13.4. The van der Waals surface area contributed by atoms with Crippen LogP contribution in [-0.4, -0.2) is 31.9 Å². The van der Waals surface area contributed by atoms with E-state index in [-0.39, 0.29) is 4.90 Å². The minimum absolute atomic E-state index is 0.202. The molecule has 1 fully saturated rings. The molecule has 1 aliphatic rings. The molecule has 0 saturated heterocycles. The summed E-state index contributed by atoms with van der Waals surface area (Å²) in [6, 6.07) is 4.58. The number of hydrogen-bond acceptors (Lipinski definition) is 5. The van der Waals surface area contributed by atoms with Crippen LogP contribution in [0.3, 0.4) is 0 Å². The summed E-state index contributed by atoms with van der Waals surface area (Å²) in [6.07, 6.45) is 3.77. The van der Waals surface area contributed by atoms with Gasteiger partial charge in [-0.25, -0.2) is 8.42 Å². The lowest BCUT2D eigenvalue weighted by molar-refractivity contribution is -0.0201.